The van der Waals surface area contributed by atoms with E-state index in [0.29, 0.717) is 18.4 Å². The minimum atomic E-state index is -3.66. The summed E-state index contributed by atoms with van der Waals surface area (Å²) < 4.78 is 26.6. The summed E-state index contributed by atoms with van der Waals surface area (Å²) in [5, 5.41) is 10.1. The lowest BCUT2D eigenvalue weighted by atomic mass is 9.81. The SMILES string of the molecule is Cc1cccc(S(=O)(=O)NCC2(O)CCC2)c1Cl. The van der Waals surface area contributed by atoms with Gasteiger partial charge < -0.3 is 5.11 Å². The highest BCUT2D eigenvalue weighted by Crippen LogP contribution is 2.31. The quantitative estimate of drug-likeness (QED) is 0.889. The van der Waals surface area contributed by atoms with Crippen molar-refractivity contribution in [3.05, 3.63) is 28.8 Å². The van der Waals surface area contributed by atoms with Gasteiger partial charge in [0.25, 0.3) is 0 Å². The Morgan fingerprint density at radius 1 is 1.44 bits per heavy atom. The van der Waals surface area contributed by atoms with E-state index in [0.717, 1.165) is 6.42 Å². The minimum absolute atomic E-state index is 0.0413. The Bertz CT molecular complexity index is 552. The van der Waals surface area contributed by atoms with Crippen molar-refractivity contribution < 1.29 is 13.5 Å². The van der Waals surface area contributed by atoms with Crippen LogP contribution in [0.15, 0.2) is 23.1 Å². The zero-order chi connectivity index (χ0) is 13.4. The van der Waals surface area contributed by atoms with Gasteiger partial charge in [0, 0.05) is 6.54 Å². The molecule has 2 rings (SSSR count). The molecule has 18 heavy (non-hydrogen) atoms. The zero-order valence-corrected chi connectivity index (χ0v) is 11.7. The lowest BCUT2D eigenvalue weighted by Gasteiger charge is -2.36. The van der Waals surface area contributed by atoms with Crippen LogP contribution in [0.2, 0.25) is 5.02 Å². The van der Waals surface area contributed by atoms with Gasteiger partial charge in [-0.2, -0.15) is 0 Å². The maximum atomic E-state index is 12.1. The number of halogens is 1. The number of rotatable bonds is 4. The summed E-state index contributed by atoms with van der Waals surface area (Å²) in [6.07, 6.45) is 2.21. The Morgan fingerprint density at radius 2 is 2.11 bits per heavy atom. The third kappa shape index (κ3) is 2.69. The molecule has 0 atom stereocenters. The molecule has 100 valence electrons. The van der Waals surface area contributed by atoms with Gasteiger partial charge in [0.2, 0.25) is 10.0 Å². The third-order valence-corrected chi connectivity index (χ3v) is 5.38. The predicted octanol–water partition coefficient (Wildman–Crippen LogP) is 1.84. The molecule has 1 aliphatic carbocycles. The van der Waals surface area contributed by atoms with E-state index in [4.69, 9.17) is 11.6 Å². The predicted molar refractivity (Wildman–Crippen MR) is 70.2 cm³/mol. The summed E-state index contributed by atoms with van der Waals surface area (Å²) in [5.41, 5.74) is -0.175. The van der Waals surface area contributed by atoms with Gasteiger partial charge in [-0.3, -0.25) is 0 Å². The number of benzene rings is 1. The number of hydrogen-bond acceptors (Lipinski definition) is 3. The fourth-order valence-corrected chi connectivity index (χ4v) is 3.60. The molecule has 0 bridgehead atoms. The van der Waals surface area contributed by atoms with Crippen LogP contribution in [-0.4, -0.2) is 25.7 Å². The molecule has 0 heterocycles. The molecule has 1 aromatic rings. The van der Waals surface area contributed by atoms with E-state index < -0.39 is 15.6 Å². The third-order valence-electron chi connectivity index (χ3n) is 3.32. The largest absolute Gasteiger partial charge is 0.389 e. The average molecular weight is 290 g/mol. The van der Waals surface area contributed by atoms with Crippen LogP contribution in [0.1, 0.15) is 24.8 Å². The molecule has 1 saturated carbocycles. The molecule has 1 fully saturated rings. The molecular formula is C12H16ClNO3S. The van der Waals surface area contributed by atoms with E-state index in [9.17, 15) is 13.5 Å². The maximum Gasteiger partial charge on any atom is 0.242 e. The van der Waals surface area contributed by atoms with Gasteiger partial charge in [-0.1, -0.05) is 23.7 Å². The smallest absolute Gasteiger partial charge is 0.242 e. The fraction of sp³-hybridized carbons (Fsp3) is 0.500. The van der Waals surface area contributed by atoms with Crippen LogP contribution in [0.3, 0.4) is 0 Å². The van der Waals surface area contributed by atoms with Gasteiger partial charge in [0.1, 0.15) is 4.90 Å². The summed E-state index contributed by atoms with van der Waals surface area (Å²) in [5.74, 6) is 0. The molecule has 0 amide bonds. The molecule has 0 aromatic heterocycles. The molecule has 1 aliphatic rings. The number of aryl methyl sites for hydroxylation is 1. The van der Waals surface area contributed by atoms with Gasteiger partial charge in [0.15, 0.2) is 0 Å². The second-order valence-electron chi connectivity index (χ2n) is 4.79. The van der Waals surface area contributed by atoms with E-state index in [2.05, 4.69) is 4.72 Å². The first-order valence-electron chi connectivity index (χ1n) is 5.81. The van der Waals surface area contributed by atoms with Gasteiger partial charge in [-0.15, -0.1) is 0 Å². The molecule has 6 heteroatoms. The summed E-state index contributed by atoms with van der Waals surface area (Å²) in [4.78, 5) is 0.0621. The van der Waals surface area contributed by atoms with Crippen LogP contribution in [0.5, 0.6) is 0 Å². The molecule has 0 aliphatic heterocycles. The molecular weight excluding hydrogens is 274 g/mol. The Morgan fingerprint density at radius 3 is 2.67 bits per heavy atom. The first-order chi connectivity index (χ1) is 8.34. The van der Waals surface area contributed by atoms with Crippen molar-refractivity contribution in [2.24, 2.45) is 0 Å². The van der Waals surface area contributed by atoms with Crippen LogP contribution in [0.4, 0.5) is 0 Å². The summed E-state index contributed by atoms with van der Waals surface area (Å²) in [7, 11) is -3.66. The standard InChI is InChI=1S/C12H16ClNO3S/c1-9-4-2-5-10(11(9)13)18(16,17)14-8-12(15)6-3-7-12/h2,4-5,14-15H,3,6-8H2,1H3. The van der Waals surface area contributed by atoms with Crippen molar-refractivity contribution in [3.63, 3.8) is 0 Å². The second-order valence-corrected chi connectivity index (χ2v) is 6.90. The van der Waals surface area contributed by atoms with E-state index >= 15 is 0 Å². The molecule has 0 spiro atoms. The van der Waals surface area contributed by atoms with Crippen LogP contribution in [-0.2, 0) is 10.0 Å². The van der Waals surface area contributed by atoms with Gasteiger partial charge in [-0.25, -0.2) is 13.1 Å². The number of aliphatic hydroxyl groups is 1. The first-order valence-corrected chi connectivity index (χ1v) is 7.67. The van der Waals surface area contributed by atoms with Crippen LogP contribution in [0, 0.1) is 6.92 Å². The number of sulfonamides is 1. The monoisotopic (exact) mass is 289 g/mol. The molecule has 0 saturated heterocycles. The van der Waals surface area contributed by atoms with Gasteiger partial charge in [-0.05, 0) is 37.8 Å². The molecule has 0 unspecified atom stereocenters. The Labute approximate surface area is 112 Å². The van der Waals surface area contributed by atoms with Crippen molar-refractivity contribution in [3.8, 4) is 0 Å². The lowest BCUT2D eigenvalue weighted by Crippen LogP contribution is -2.47. The average Bonchev–Trinajstić information content (AvgIpc) is 2.27. The van der Waals surface area contributed by atoms with Crippen molar-refractivity contribution in [2.45, 2.75) is 36.7 Å². The van der Waals surface area contributed by atoms with Gasteiger partial charge in [0.05, 0.1) is 10.6 Å². The van der Waals surface area contributed by atoms with Crippen molar-refractivity contribution in [2.75, 3.05) is 6.54 Å². The maximum absolute atomic E-state index is 12.1. The normalized spacial score (nSPS) is 18.4. The van der Waals surface area contributed by atoms with E-state index in [1.165, 1.54) is 6.07 Å². The molecule has 1 aromatic carbocycles. The summed E-state index contributed by atoms with van der Waals surface area (Å²) in [6, 6.07) is 4.86. The second kappa shape index (κ2) is 4.81. The number of nitrogens with one attached hydrogen (secondary N) is 1. The van der Waals surface area contributed by atoms with E-state index in [-0.39, 0.29) is 16.5 Å². The highest BCUT2D eigenvalue weighted by atomic mass is 35.5. The highest BCUT2D eigenvalue weighted by Gasteiger charge is 2.35. The van der Waals surface area contributed by atoms with Crippen molar-refractivity contribution in [1.29, 1.82) is 0 Å². The van der Waals surface area contributed by atoms with E-state index in [1.807, 2.05) is 0 Å². The first kappa shape index (κ1) is 13.8. The fourth-order valence-electron chi connectivity index (χ4n) is 1.90. The summed E-state index contributed by atoms with van der Waals surface area (Å²) >= 11 is 5.99. The lowest BCUT2D eigenvalue weighted by molar-refractivity contribution is -0.0270. The van der Waals surface area contributed by atoms with Crippen LogP contribution in [0.25, 0.3) is 0 Å². The van der Waals surface area contributed by atoms with Gasteiger partial charge >= 0.3 is 0 Å². The molecule has 2 N–H and O–H groups in total. The molecule has 0 radical (unpaired) electrons. The van der Waals surface area contributed by atoms with E-state index in [1.54, 1.807) is 19.1 Å². The summed E-state index contributed by atoms with van der Waals surface area (Å²) in [6.45, 7) is 1.79. The van der Waals surface area contributed by atoms with Crippen LogP contribution >= 0.6 is 11.6 Å². The Balaban J connectivity index is 2.18. The Hall–Kier alpha value is -0.620. The van der Waals surface area contributed by atoms with Crippen LogP contribution < -0.4 is 4.72 Å². The molecule has 4 nitrogen and oxygen atoms in total. The van der Waals surface area contributed by atoms with Crippen molar-refractivity contribution >= 4 is 21.6 Å². The number of hydrogen-bond donors (Lipinski definition) is 2. The topological polar surface area (TPSA) is 66.4 Å². The zero-order valence-electron chi connectivity index (χ0n) is 10.1. The van der Waals surface area contributed by atoms with Crippen molar-refractivity contribution in [1.82, 2.24) is 4.72 Å². The highest BCUT2D eigenvalue weighted by molar-refractivity contribution is 7.89. The minimum Gasteiger partial charge on any atom is -0.389 e. The Kier molecular flexibility index (Phi) is 3.69.